The summed E-state index contributed by atoms with van der Waals surface area (Å²) in [7, 11) is 0. The van der Waals surface area contributed by atoms with E-state index in [9.17, 15) is 0 Å². The Morgan fingerprint density at radius 2 is 1.51 bits per heavy atom. The Hall–Kier alpha value is -3.64. The smallest absolute Gasteiger partial charge is 0.00923 e. The van der Waals surface area contributed by atoms with E-state index < -0.39 is 0 Å². The first-order valence-electron chi connectivity index (χ1n) is 18.5. The third kappa shape index (κ3) is 8.64. The quantitative estimate of drug-likeness (QED) is 0.110. The van der Waals surface area contributed by atoms with Gasteiger partial charge in [0.15, 0.2) is 0 Å². The highest BCUT2D eigenvalue weighted by atomic mass is 14.3. The number of allylic oxidation sites excluding steroid dienone is 7. The molecule has 0 spiro atoms. The Morgan fingerprint density at radius 1 is 0.787 bits per heavy atom. The molecule has 0 radical (unpaired) electrons. The van der Waals surface area contributed by atoms with Crippen LogP contribution in [0.3, 0.4) is 0 Å². The van der Waals surface area contributed by atoms with Gasteiger partial charge < -0.3 is 0 Å². The average molecular weight is 623 g/mol. The van der Waals surface area contributed by atoms with Crippen molar-refractivity contribution in [2.75, 3.05) is 0 Å². The summed E-state index contributed by atoms with van der Waals surface area (Å²) in [4.78, 5) is 0. The van der Waals surface area contributed by atoms with Crippen LogP contribution in [0.2, 0.25) is 0 Å². The molecule has 3 atom stereocenters. The lowest BCUT2D eigenvalue weighted by Gasteiger charge is -2.29. The normalized spacial score (nSPS) is 17.5. The van der Waals surface area contributed by atoms with Crippen LogP contribution >= 0.6 is 0 Å². The summed E-state index contributed by atoms with van der Waals surface area (Å²) in [6.07, 6.45) is 17.4. The molecule has 47 heavy (non-hydrogen) atoms. The zero-order valence-corrected chi connectivity index (χ0v) is 29.8. The first-order chi connectivity index (χ1) is 22.8. The van der Waals surface area contributed by atoms with Crippen LogP contribution in [0.4, 0.5) is 0 Å². The minimum absolute atomic E-state index is 0.311. The lowest BCUT2D eigenvalue weighted by Crippen LogP contribution is -2.14. The van der Waals surface area contributed by atoms with E-state index in [1.807, 2.05) is 0 Å². The summed E-state index contributed by atoms with van der Waals surface area (Å²) in [6, 6.07) is 27.6. The molecule has 0 heterocycles. The maximum absolute atomic E-state index is 4.70. The molecule has 0 fully saturated rings. The van der Waals surface area contributed by atoms with Crippen LogP contribution < -0.4 is 0 Å². The molecule has 5 rings (SSSR count). The van der Waals surface area contributed by atoms with Crippen LogP contribution in [0.5, 0.6) is 0 Å². The maximum atomic E-state index is 4.70. The third-order valence-electron chi connectivity index (χ3n) is 10.6. The third-order valence-corrected chi connectivity index (χ3v) is 10.6. The van der Waals surface area contributed by atoms with Crippen molar-refractivity contribution in [3.05, 3.63) is 155 Å². The Labute approximate surface area is 287 Å². The Balaban J connectivity index is 1.26. The summed E-state index contributed by atoms with van der Waals surface area (Å²) in [6.45, 7) is 22.7. The fourth-order valence-corrected chi connectivity index (χ4v) is 7.92. The van der Waals surface area contributed by atoms with Crippen molar-refractivity contribution in [2.45, 2.75) is 110 Å². The van der Waals surface area contributed by atoms with E-state index in [0.717, 1.165) is 38.5 Å². The number of benzene rings is 3. The van der Waals surface area contributed by atoms with E-state index in [4.69, 9.17) is 6.58 Å². The minimum Gasteiger partial charge on any atom is -0.0998 e. The standard InChI is InChI=1S/C47H58/c1-8-16-38-25-27-39(28-26-38)37(7)35(5)17-10-9-11-18-40-29-30-45-43-21-14-15-22-44(43)46(36(6)24-23-34(4)31-33(2)3)32-41-19-12-13-20-42(41)47(40)45/h12-15,19-22,25-30,33,37,40,46H,4-6,8-11,16-18,23-24,31-32H2,1-3,7H3. The SMILES string of the molecule is C=C(CCC(=C)C1Cc2ccccc2C2=C(C=CC2CCCCCC(=C)C(C)c2ccc(CCC)cc2)c2ccccc21)CC(C)C. The number of hydrogen-bond acceptors (Lipinski definition) is 0. The molecule has 2 aliphatic rings. The molecule has 0 amide bonds. The molecule has 3 unspecified atom stereocenters. The molecule has 0 heteroatoms. The van der Waals surface area contributed by atoms with Gasteiger partial charge in [-0.2, -0.15) is 0 Å². The van der Waals surface area contributed by atoms with Crippen LogP contribution in [-0.4, -0.2) is 0 Å². The first kappa shape index (κ1) is 34.7. The summed E-state index contributed by atoms with van der Waals surface area (Å²) in [5, 5.41) is 0. The first-order valence-corrected chi connectivity index (χ1v) is 18.5. The molecule has 0 aliphatic heterocycles. The molecule has 3 aromatic carbocycles. The van der Waals surface area contributed by atoms with E-state index >= 15 is 0 Å². The molecule has 3 aromatic rings. The van der Waals surface area contributed by atoms with Crippen molar-refractivity contribution in [3.63, 3.8) is 0 Å². The lowest BCUT2D eigenvalue weighted by molar-refractivity contribution is 0.596. The van der Waals surface area contributed by atoms with Gasteiger partial charge in [-0.3, -0.25) is 0 Å². The van der Waals surface area contributed by atoms with Crippen LogP contribution in [0, 0.1) is 11.8 Å². The molecule has 0 bridgehead atoms. The number of hydrogen-bond donors (Lipinski definition) is 0. The molecular weight excluding hydrogens is 565 g/mol. The minimum atomic E-state index is 0.311. The van der Waals surface area contributed by atoms with E-state index in [1.165, 1.54) is 93.4 Å². The number of fused-ring (bicyclic) bond motifs is 4. The zero-order valence-electron chi connectivity index (χ0n) is 29.8. The van der Waals surface area contributed by atoms with Gasteiger partial charge in [-0.05, 0) is 102 Å². The number of rotatable bonds is 16. The van der Waals surface area contributed by atoms with Crippen molar-refractivity contribution in [1.82, 2.24) is 0 Å². The Bertz CT molecular complexity index is 1600. The van der Waals surface area contributed by atoms with E-state index in [1.54, 1.807) is 0 Å². The van der Waals surface area contributed by atoms with Gasteiger partial charge in [0, 0.05) is 17.8 Å². The van der Waals surface area contributed by atoms with Crippen molar-refractivity contribution in [3.8, 4) is 0 Å². The van der Waals surface area contributed by atoms with Gasteiger partial charge in [-0.25, -0.2) is 0 Å². The fourth-order valence-electron chi connectivity index (χ4n) is 7.92. The van der Waals surface area contributed by atoms with Gasteiger partial charge in [0.1, 0.15) is 0 Å². The summed E-state index contributed by atoms with van der Waals surface area (Å²) < 4.78 is 0. The van der Waals surface area contributed by atoms with Crippen LogP contribution in [0.1, 0.15) is 131 Å². The lowest BCUT2D eigenvalue weighted by atomic mass is 9.75. The summed E-state index contributed by atoms with van der Waals surface area (Å²) in [5.41, 5.74) is 15.6. The van der Waals surface area contributed by atoms with Gasteiger partial charge in [0.2, 0.25) is 0 Å². The van der Waals surface area contributed by atoms with Gasteiger partial charge in [-0.15, -0.1) is 0 Å². The van der Waals surface area contributed by atoms with Crippen LogP contribution in [0.25, 0.3) is 11.1 Å². The molecule has 0 aromatic heterocycles. The van der Waals surface area contributed by atoms with Crippen molar-refractivity contribution in [1.29, 1.82) is 0 Å². The highest BCUT2D eigenvalue weighted by Gasteiger charge is 2.31. The van der Waals surface area contributed by atoms with E-state index in [0.29, 0.717) is 23.7 Å². The van der Waals surface area contributed by atoms with Gasteiger partial charge in [0.25, 0.3) is 0 Å². The maximum Gasteiger partial charge on any atom is 0.00923 e. The van der Waals surface area contributed by atoms with Crippen molar-refractivity contribution < 1.29 is 0 Å². The zero-order chi connectivity index (χ0) is 33.3. The molecule has 0 N–H and O–H groups in total. The summed E-state index contributed by atoms with van der Waals surface area (Å²) >= 11 is 0. The van der Waals surface area contributed by atoms with Crippen molar-refractivity contribution >= 4 is 11.1 Å². The molecule has 0 saturated heterocycles. The van der Waals surface area contributed by atoms with Gasteiger partial charge in [0.05, 0.1) is 0 Å². The second-order valence-electron chi connectivity index (χ2n) is 14.8. The predicted octanol–water partition coefficient (Wildman–Crippen LogP) is 13.6. The molecular formula is C47H58. The average Bonchev–Trinajstić information content (AvgIpc) is 3.48. The topological polar surface area (TPSA) is 0 Å². The highest BCUT2D eigenvalue weighted by molar-refractivity contribution is 6.01. The highest BCUT2D eigenvalue weighted by Crippen LogP contribution is 2.48. The number of aryl methyl sites for hydroxylation is 1. The fraction of sp³-hybridized carbons (Fsp3) is 0.404. The van der Waals surface area contributed by atoms with E-state index in [-0.39, 0.29) is 0 Å². The second kappa shape index (κ2) is 16.5. The largest absolute Gasteiger partial charge is 0.0998 e. The Kier molecular flexibility index (Phi) is 12.1. The second-order valence-corrected chi connectivity index (χ2v) is 14.8. The monoisotopic (exact) mass is 622 g/mol. The van der Waals surface area contributed by atoms with E-state index in [2.05, 4.69) is 126 Å². The van der Waals surface area contributed by atoms with Gasteiger partial charge in [-0.1, -0.05) is 168 Å². The van der Waals surface area contributed by atoms with Crippen LogP contribution in [0.15, 0.2) is 121 Å². The number of unbranched alkanes of at least 4 members (excludes halogenated alkanes) is 2. The Morgan fingerprint density at radius 3 is 2.26 bits per heavy atom. The molecule has 0 saturated carbocycles. The van der Waals surface area contributed by atoms with Crippen LogP contribution in [-0.2, 0) is 12.8 Å². The molecule has 246 valence electrons. The van der Waals surface area contributed by atoms with Crippen molar-refractivity contribution in [2.24, 2.45) is 11.8 Å². The molecule has 0 nitrogen and oxygen atoms in total. The predicted molar refractivity (Wildman–Crippen MR) is 207 cm³/mol. The summed E-state index contributed by atoms with van der Waals surface area (Å²) in [5.74, 6) is 1.84. The van der Waals surface area contributed by atoms with Gasteiger partial charge >= 0.3 is 0 Å². The molecule has 2 aliphatic carbocycles.